The Kier molecular flexibility index (Phi) is 12.9. The number of aliphatic hydroxyl groups excluding tert-OH is 9. The molecule has 5 saturated heterocycles. The molecule has 17 heteroatoms. The molecule has 0 aromatic heterocycles. The van der Waals surface area contributed by atoms with Crippen molar-refractivity contribution in [2.75, 3.05) is 19.8 Å². The average Bonchev–Trinajstić information content (AvgIpc) is 3.70. The van der Waals surface area contributed by atoms with E-state index in [9.17, 15) is 46.0 Å². The predicted molar refractivity (Wildman–Crippen MR) is 214 cm³/mol. The van der Waals surface area contributed by atoms with Gasteiger partial charge in [-0.1, -0.05) is 39.3 Å². The number of rotatable bonds is 8. The maximum Gasteiger partial charge on any atom is 0.187 e. The second-order valence-electron chi connectivity index (χ2n) is 21.1. The van der Waals surface area contributed by atoms with Crippen molar-refractivity contribution in [3.05, 3.63) is 11.6 Å². The Balaban J connectivity index is 0.940. The van der Waals surface area contributed by atoms with Crippen LogP contribution in [0.5, 0.6) is 0 Å². The molecule has 5 aliphatic heterocycles. The molecule has 0 unspecified atom stereocenters. The van der Waals surface area contributed by atoms with Gasteiger partial charge in [0.1, 0.15) is 67.1 Å². The van der Waals surface area contributed by atoms with Gasteiger partial charge < -0.3 is 83.9 Å². The van der Waals surface area contributed by atoms with Gasteiger partial charge in [-0.2, -0.15) is 0 Å². The third-order valence-electron chi connectivity index (χ3n) is 17.7. The normalized spacial score (nSPS) is 57.6. The molecular formula is C45H72O17. The van der Waals surface area contributed by atoms with Gasteiger partial charge in [0, 0.05) is 12.3 Å². The first-order chi connectivity index (χ1) is 29.4. The zero-order chi connectivity index (χ0) is 44.2. The molecule has 0 aromatic rings. The number of hydrogen-bond acceptors (Lipinski definition) is 17. The van der Waals surface area contributed by atoms with E-state index in [2.05, 4.69) is 33.8 Å². The van der Waals surface area contributed by atoms with Crippen molar-refractivity contribution >= 4 is 0 Å². The lowest BCUT2D eigenvalue weighted by molar-refractivity contribution is -0.394. The summed E-state index contributed by atoms with van der Waals surface area (Å²) in [5, 5.41) is 95.8. The Morgan fingerprint density at radius 2 is 1.34 bits per heavy atom. The molecule has 354 valence electrons. The van der Waals surface area contributed by atoms with Gasteiger partial charge in [-0.05, 0) is 98.7 Å². The topological polar surface area (TPSA) is 256 Å². The summed E-state index contributed by atoms with van der Waals surface area (Å²) < 4.78 is 50.3. The largest absolute Gasteiger partial charge is 0.394 e. The van der Waals surface area contributed by atoms with Gasteiger partial charge in [0.05, 0.1) is 38.1 Å². The summed E-state index contributed by atoms with van der Waals surface area (Å²) in [4.78, 5) is 0. The van der Waals surface area contributed by atoms with Crippen LogP contribution in [0.2, 0.25) is 0 Å². The molecule has 3 saturated carbocycles. The van der Waals surface area contributed by atoms with Gasteiger partial charge in [0.15, 0.2) is 24.7 Å². The lowest BCUT2D eigenvalue weighted by atomic mass is 9.47. The van der Waals surface area contributed by atoms with Gasteiger partial charge in [-0.3, -0.25) is 0 Å². The summed E-state index contributed by atoms with van der Waals surface area (Å²) in [7, 11) is 0. The number of aliphatic hydroxyl groups is 9. The minimum atomic E-state index is -1.84. The quantitative estimate of drug-likeness (QED) is 0.148. The minimum Gasteiger partial charge on any atom is -0.394 e. The van der Waals surface area contributed by atoms with Crippen molar-refractivity contribution < 1.29 is 83.9 Å². The highest BCUT2D eigenvalue weighted by Gasteiger charge is 2.69. The van der Waals surface area contributed by atoms with Crippen LogP contribution in [0.1, 0.15) is 92.4 Å². The molecule has 9 N–H and O–H groups in total. The van der Waals surface area contributed by atoms with Gasteiger partial charge in [-0.15, -0.1) is 0 Å². The lowest BCUT2D eigenvalue weighted by Gasteiger charge is -2.59. The zero-order valence-electron chi connectivity index (χ0n) is 36.6. The molecule has 0 amide bonds. The van der Waals surface area contributed by atoms with Gasteiger partial charge >= 0.3 is 0 Å². The molecule has 0 aromatic carbocycles. The van der Waals surface area contributed by atoms with Gasteiger partial charge in [0.2, 0.25) is 0 Å². The van der Waals surface area contributed by atoms with Crippen molar-refractivity contribution in [1.29, 1.82) is 0 Å². The lowest BCUT2D eigenvalue weighted by Crippen LogP contribution is -2.67. The van der Waals surface area contributed by atoms with E-state index >= 15 is 0 Å². The van der Waals surface area contributed by atoms with Crippen LogP contribution in [0.25, 0.3) is 0 Å². The molecule has 17 nitrogen and oxygen atoms in total. The first kappa shape index (κ1) is 46.2. The van der Waals surface area contributed by atoms with Crippen LogP contribution in [0.3, 0.4) is 0 Å². The molecule has 9 aliphatic rings. The van der Waals surface area contributed by atoms with Crippen LogP contribution < -0.4 is 0 Å². The van der Waals surface area contributed by atoms with E-state index in [0.717, 1.165) is 51.6 Å². The molecule has 26 atom stereocenters. The highest BCUT2D eigenvalue weighted by atomic mass is 16.8. The number of fused-ring (bicyclic) bond motifs is 7. The standard InChI is InChI=1S/C45H72O17/c1-19-8-13-45(55-18-19)20(2)30-27(62-45)15-26-24-7-6-22-14-23(9-11-43(22,4)25(24)10-12-44(26,30)5)57-42-39(61-40-36(53)34(51)31(48)21(3)56-40)38(33(50)29(17-47)59-42)60-41-37(54)35(52)32(49)28(16-46)58-41/h6,19-21,23-42,46-54H,7-18H2,1-5H3/t19-,20+,21+,23+,24-,25+,26+,27+,28-,29-,30+,31+,32-,33-,34-,35+,36-,37-,38+,39-,40+,41+,42-,43+,44+,45-/m1/s1. The van der Waals surface area contributed by atoms with Crippen molar-refractivity contribution in [2.24, 2.45) is 46.3 Å². The minimum absolute atomic E-state index is 0.0484. The van der Waals surface area contributed by atoms with E-state index in [0.29, 0.717) is 48.3 Å². The Morgan fingerprint density at radius 1 is 0.677 bits per heavy atom. The highest BCUT2D eigenvalue weighted by Crippen LogP contribution is 2.70. The second-order valence-corrected chi connectivity index (χ2v) is 21.1. The van der Waals surface area contributed by atoms with Crippen molar-refractivity contribution in [2.45, 2.75) is 203 Å². The summed E-state index contributed by atoms with van der Waals surface area (Å²) in [6.07, 6.45) is -12.4. The Morgan fingerprint density at radius 3 is 2.03 bits per heavy atom. The second kappa shape index (κ2) is 17.3. The summed E-state index contributed by atoms with van der Waals surface area (Å²) in [5.41, 5.74) is 1.45. The van der Waals surface area contributed by atoms with E-state index in [1.54, 1.807) is 0 Å². The summed E-state index contributed by atoms with van der Waals surface area (Å²) in [6.45, 7) is 10.4. The SMILES string of the molecule is C[C@@H]1CC[C@@]2(OC1)O[C@H]1C[C@H]3[C@@H]4CC=C5C[C@@H](O[C@@H]6O[C@H](CO)[C@@H](O)[C@H](O[C@@H]7O[C@H](CO)[C@@H](O)[C@H](O)[C@H]7O)[C@H]6O[C@@H]6O[C@@H](C)[C@H](O)[C@@H](O)[C@H]6O)CC[C@]5(C)[C@H]4CC[C@]3(C)[C@H]1[C@@H]2C. The molecular weight excluding hydrogens is 812 g/mol. The first-order valence-electron chi connectivity index (χ1n) is 23.4. The highest BCUT2D eigenvalue weighted by molar-refractivity contribution is 5.26. The molecule has 8 fully saturated rings. The Bertz CT molecular complexity index is 1610. The van der Waals surface area contributed by atoms with Crippen LogP contribution >= 0.6 is 0 Å². The third kappa shape index (κ3) is 7.49. The fraction of sp³-hybridized carbons (Fsp3) is 0.956. The van der Waals surface area contributed by atoms with Gasteiger partial charge in [0.25, 0.3) is 0 Å². The zero-order valence-corrected chi connectivity index (χ0v) is 36.6. The number of allylic oxidation sites excluding steroid dienone is 1. The Labute approximate surface area is 363 Å². The monoisotopic (exact) mass is 884 g/mol. The maximum atomic E-state index is 11.6. The number of ether oxygens (including phenoxy) is 8. The van der Waals surface area contributed by atoms with E-state index in [1.165, 1.54) is 12.5 Å². The third-order valence-corrected chi connectivity index (χ3v) is 17.7. The Hall–Kier alpha value is -0.940. The molecule has 9 rings (SSSR count). The van der Waals surface area contributed by atoms with E-state index < -0.39 is 117 Å². The van der Waals surface area contributed by atoms with Gasteiger partial charge in [-0.25, -0.2) is 0 Å². The first-order valence-corrected chi connectivity index (χ1v) is 23.4. The maximum absolute atomic E-state index is 11.6. The van der Waals surface area contributed by atoms with Crippen molar-refractivity contribution in [1.82, 2.24) is 0 Å². The smallest absolute Gasteiger partial charge is 0.187 e. The van der Waals surface area contributed by atoms with Crippen molar-refractivity contribution in [3.8, 4) is 0 Å². The number of hydrogen-bond donors (Lipinski definition) is 9. The van der Waals surface area contributed by atoms with Crippen LogP contribution in [-0.2, 0) is 37.9 Å². The van der Waals surface area contributed by atoms with Crippen LogP contribution in [0, 0.1) is 46.3 Å². The average molecular weight is 885 g/mol. The molecule has 0 bridgehead atoms. The predicted octanol–water partition coefficient (Wildman–Crippen LogP) is 0.214. The van der Waals surface area contributed by atoms with E-state index in [1.807, 2.05) is 0 Å². The molecule has 5 heterocycles. The fourth-order valence-corrected chi connectivity index (χ4v) is 14.0. The summed E-state index contributed by atoms with van der Waals surface area (Å²) in [5.74, 6) is 2.52. The summed E-state index contributed by atoms with van der Waals surface area (Å²) >= 11 is 0. The molecule has 1 spiro atoms. The van der Waals surface area contributed by atoms with E-state index in [-0.39, 0.29) is 16.9 Å². The van der Waals surface area contributed by atoms with Crippen molar-refractivity contribution in [3.63, 3.8) is 0 Å². The van der Waals surface area contributed by atoms with Crippen LogP contribution in [0.15, 0.2) is 11.6 Å². The molecule has 0 radical (unpaired) electrons. The summed E-state index contributed by atoms with van der Waals surface area (Å²) in [6, 6.07) is 0. The molecule has 62 heavy (non-hydrogen) atoms. The van der Waals surface area contributed by atoms with E-state index in [4.69, 9.17) is 37.9 Å². The fourth-order valence-electron chi connectivity index (χ4n) is 14.0. The van der Waals surface area contributed by atoms with Crippen LogP contribution in [-0.4, -0.2) is 176 Å². The molecule has 4 aliphatic carbocycles. The van der Waals surface area contributed by atoms with Crippen LogP contribution in [0.4, 0.5) is 0 Å².